The van der Waals surface area contributed by atoms with Crippen LogP contribution in [0.15, 0.2) is 0 Å². The second-order valence-corrected chi connectivity index (χ2v) is 5.24. The van der Waals surface area contributed by atoms with Crippen molar-refractivity contribution in [2.75, 3.05) is 26.7 Å². The van der Waals surface area contributed by atoms with E-state index in [0.29, 0.717) is 18.5 Å². The third kappa shape index (κ3) is 4.49. The molecule has 1 fully saturated rings. The first-order chi connectivity index (χ1) is 7.49. The molecule has 16 heavy (non-hydrogen) atoms. The van der Waals surface area contributed by atoms with Gasteiger partial charge in [0.1, 0.15) is 0 Å². The molecule has 1 aliphatic rings. The fourth-order valence-electron chi connectivity index (χ4n) is 2.25. The first-order valence-electron chi connectivity index (χ1n) is 6.20. The smallest absolute Gasteiger partial charge is 0.234 e. The number of piperidine rings is 1. The lowest BCUT2D eigenvalue weighted by atomic mass is 9.94. The highest BCUT2D eigenvalue weighted by Crippen LogP contribution is 2.14. The van der Waals surface area contributed by atoms with E-state index in [1.807, 2.05) is 13.8 Å². The summed E-state index contributed by atoms with van der Waals surface area (Å²) in [4.78, 5) is 13.8. The maximum atomic E-state index is 11.5. The predicted molar refractivity (Wildman–Crippen MR) is 66.3 cm³/mol. The van der Waals surface area contributed by atoms with Gasteiger partial charge in [0.2, 0.25) is 5.91 Å². The van der Waals surface area contributed by atoms with Crippen LogP contribution >= 0.6 is 0 Å². The monoisotopic (exact) mass is 227 g/mol. The highest BCUT2D eigenvalue weighted by Gasteiger charge is 2.23. The maximum absolute atomic E-state index is 11.5. The first-order valence-corrected chi connectivity index (χ1v) is 6.20. The van der Waals surface area contributed by atoms with E-state index < -0.39 is 0 Å². The van der Waals surface area contributed by atoms with E-state index in [9.17, 15) is 4.79 Å². The lowest BCUT2D eigenvalue weighted by Crippen LogP contribution is -2.50. The van der Waals surface area contributed by atoms with Crippen LogP contribution in [0.4, 0.5) is 0 Å². The number of likely N-dealkylation sites (tertiary alicyclic amines) is 1. The molecule has 0 aliphatic carbocycles. The summed E-state index contributed by atoms with van der Waals surface area (Å²) in [5.74, 6) is 0.715. The van der Waals surface area contributed by atoms with Gasteiger partial charge in [-0.1, -0.05) is 6.92 Å². The van der Waals surface area contributed by atoms with Crippen LogP contribution in [0.3, 0.4) is 0 Å². The summed E-state index contributed by atoms with van der Waals surface area (Å²) < 4.78 is 0. The number of nitrogens with one attached hydrogen (secondary N) is 2. The van der Waals surface area contributed by atoms with Gasteiger partial charge in [0.15, 0.2) is 0 Å². The molecule has 2 N–H and O–H groups in total. The van der Waals surface area contributed by atoms with Gasteiger partial charge in [-0.3, -0.25) is 4.79 Å². The molecule has 4 nitrogen and oxygen atoms in total. The van der Waals surface area contributed by atoms with Crippen LogP contribution in [0, 0.1) is 5.92 Å². The quantitative estimate of drug-likeness (QED) is 0.732. The molecule has 1 rings (SSSR count). The lowest BCUT2D eigenvalue weighted by Gasteiger charge is -2.35. The van der Waals surface area contributed by atoms with Crippen molar-refractivity contribution in [2.45, 2.75) is 39.3 Å². The van der Waals surface area contributed by atoms with Gasteiger partial charge >= 0.3 is 0 Å². The molecule has 2 atom stereocenters. The van der Waals surface area contributed by atoms with Crippen molar-refractivity contribution in [2.24, 2.45) is 5.92 Å². The Balaban J connectivity index is 2.24. The standard InChI is InChI=1S/C12H25N3O/c1-9(2)14-12(16)7-13-11-5-6-15(4)8-10(11)3/h9-11,13H,5-8H2,1-4H3,(H,14,16). The minimum absolute atomic E-state index is 0.0983. The normalized spacial score (nSPS) is 27.1. The molecule has 1 heterocycles. The van der Waals surface area contributed by atoms with Crippen molar-refractivity contribution in [3.8, 4) is 0 Å². The van der Waals surface area contributed by atoms with Crippen molar-refractivity contribution in [3.63, 3.8) is 0 Å². The summed E-state index contributed by atoms with van der Waals surface area (Å²) in [6.07, 6.45) is 1.13. The lowest BCUT2D eigenvalue weighted by molar-refractivity contribution is -0.121. The second kappa shape index (κ2) is 6.21. The van der Waals surface area contributed by atoms with E-state index >= 15 is 0 Å². The van der Waals surface area contributed by atoms with Gasteiger partial charge in [0, 0.05) is 18.6 Å². The van der Waals surface area contributed by atoms with Gasteiger partial charge in [0.05, 0.1) is 6.54 Å². The Morgan fingerprint density at radius 1 is 1.50 bits per heavy atom. The average Bonchev–Trinajstić information content (AvgIpc) is 2.15. The number of hydrogen-bond donors (Lipinski definition) is 2. The van der Waals surface area contributed by atoms with E-state index in [2.05, 4.69) is 29.5 Å². The Kier molecular flexibility index (Phi) is 5.22. The van der Waals surface area contributed by atoms with Crippen LogP contribution in [0.1, 0.15) is 27.2 Å². The highest BCUT2D eigenvalue weighted by atomic mass is 16.1. The number of hydrogen-bond acceptors (Lipinski definition) is 3. The molecule has 0 spiro atoms. The van der Waals surface area contributed by atoms with E-state index in [1.165, 1.54) is 0 Å². The van der Waals surface area contributed by atoms with E-state index in [4.69, 9.17) is 0 Å². The summed E-state index contributed by atoms with van der Waals surface area (Å²) in [7, 11) is 2.15. The second-order valence-electron chi connectivity index (χ2n) is 5.24. The molecule has 1 amide bonds. The van der Waals surface area contributed by atoms with Crippen LogP contribution in [0.2, 0.25) is 0 Å². The number of carbonyl (C=O) groups excluding carboxylic acids is 1. The minimum atomic E-state index is 0.0983. The molecule has 2 unspecified atom stereocenters. The van der Waals surface area contributed by atoms with E-state index in [0.717, 1.165) is 19.5 Å². The molecule has 4 heteroatoms. The molecule has 1 saturated heterocycles. The van der Waals surface area contributed by atoms with Gasteiger partial charge in [-0.15, -0.1) is 0 Å². The molecule has 0 bridgehead atoms. The van der Waals surface area contributed by atoms with Crippen molar-refractivity contribution in [3.05, 3.63) is 0 Å². The Bertz CT molecular complexity index is 230. The van der Waals surface area contributed by atoms with Gasteiger partial charge in [-0.25, -0.2) is 0 Å². The molecular formula is C12H25N3O. The van der Waals surface area contributed by atoms with Gasteiger partial charge in [-0.05, 0) is 39.8 Å². The minimum Gasteiger partial charge on any atom is -0.353 e. The molecule has 0 aromatic carbocycles. The molecule has 0 saturated carbocycles. The third-order valence-electron chi connectivity index (χ3n) is 3.08. The van der Waals surface area contributed by atoms with Crippen molar-refractivity contribution >= 4 is 5.91 Å². The Morgan fingerprint density at radius 2 is 2.19 bits per heavy atom. The van der Waals surface area contributed by atoms with Crippen LogP contribution in [0.25, 0.3) is 0 Å². The highest BCUT2D eigenvalue weighted by molar-refractivity contribution is 5.78. The number of nitrogens with zero attached hydrogens (tertiary/aromatic N) is 1. The van der Waals surface area contributed by atoms with Crippen LogP contribution < -0.4 is 10.6 Å². The molecule has 0 radical (unpaired) electrons. The van der Waals surface area contributed by atoms with E-state index in [1.54, 1.807) is 0 Å². The van der Waals surface area contributed by atoms with Crippen LogP contribution in [-0.2, 0) is 4.79 Å². The zero-order chi connectivity index (χ0) is 12.1. The van der Waals surface area contributed by atoms with E-state index in [-0.39, 0.29) is 11.9 Å². The Morgan fingerprint density at radius 3 is 2.75 bits per heavy atom. The average molecular weight is 227 g/mol. The summed E-state index contributed by atoms with van der Waals surface area (Å²) in [6, 6.07) is 0.707. The Labute approximate surface area is 98.8 Å². The summed E-state index contributed by atoms with van der Waals surface area (Å²) in [5.41, 5.74) is 0. The van der Waals surface area contributed by atoms with Crippen molar-refractivity contribution in [1.29, 1.82) is 0 Å². The van der Waals surface area contributed by atoms with Crippen LogP contribution in [-0.4, -0.2) is 49.6 Å². The summed E-state index contributed by atoms with van der Waals surface area (Å²) in [6.45, 7) is 8.88. The molecule has 94 valence electrons. The summed E-state index contributed by atoms with van der Waals surface area (Å²) in [5, 5.41) is 6.25. The van der Waals surface area contributed by atoms with Crippen molar-refractivity contribution < 1.29 is 4.79 Å². The number of amides is 1. The predicted octanol–water partition coefficient (Wildman–Crippen LogP) is 0.441. The zero-order valence-electron chi connectivity index (χ0n) is 10.9. The summed E-state index contributed by atoms with van der Waals surface area (Å²) >= 11 is 0. The van der Waals surface area contributed by atoms with Gasteiger partial charge in [-0.2, -0.15) is 0 Å². The number of rotatable bonds is 4. The van der Waals surface area contributed by atoms with Crippen molar-refractivity contribution in [1.82, 2.24) is 15.5 Å². The molecule has 0 aromatic rings. The van der Waals surface area contributed by atoms with Crippen LogP contribution in [0.5, 0.6) is 0 Å². The molecule has 1 aliphatic heterocycles. The number of carbonyl (C=O) groups is 1. The SMILES string of the molecule is CC(C)NC(=O)CNC1CCN(C)CC1C. The Hall–Kier alpha value is -0.610. The van der Waals surface area contributed by atoms with Gasteiger partial charge in [0.25, 0.3) is 0 Å². The topological polar surface area (TPSA) is 44.4 Å². The zero-order valence-corrected chi connectivity index (χ0v) is 10.9. The fourth-order valence-corrected chi connectivity index (χ4v) is 2.25. The fraction of sp³-hybridized carbons (Fsp3) is 0.917. The largest absolute Gasteiger partial charge is 0.353 e. The van der Waals surface area contributed by atoms with Gasteiger partial charge < -0.3 is 15.5 Å². The molecule has 0 aromatic heterocycles. The maximum Gasteiger partial charge on any atom is 0.234 e. The molecular weight excluding hydrogens is 202 g/mol. The third-order valence-corrected chi connectivity index (χ3v) is 3.08. The first kappa shape index (κ1) is 13.5.